The zero-order chi connectivity index (χ0) is 23.6. The van der Waals surface area contributed by atoms with E-state index in [1.54, 1.807) is 0 Å². The van der Waals surface area contributed by atoms with Crippen molar-refractivity contribution in [2.75, 3.05) is 13.7 Å². The monoisotopic (exact) mass is 460 g/mol. The van der Waals surface area contributed by atoms with Crippen molar-refractivity contribution in [3.05, 3.63) is 119 Å². The molecular formula is C28H28O6. The van der Waals surface area contributed by atoms with E-state index in [0.29, 0.717) is 25.6 Å². The highest BCUT2D eigenvalue weighted by molar-refractivity contribution is 5.87. The van der Waals surface area contributed by atoms with Crippen molar-refractivity contribution in [1.82, 2.24) is 0 Å². The first-order valence-corrected chi connectivity index (χ1v) is 11.2. The van der Waals surface area contributed by atoms with E-state index >= 15 is 0 Å². The van der Waals surface area contributed by atoms with Crippen molar-refractivity contribution in [2.24, 2.45) is 0 Å². The minimum atomic E-state index is -0.608. The zero-order valence-electron chi connectivity index (χ0n) is 19.1. The molecule has 1 fully saturated rings. The van der Waals surface area contributed by atoms with Gasteiger partial charge in [0.05, 0.1) is 26.9 Å². The van der Waals surface area contributed by atoms with Crippen LogP contribution in [0.5, 0.6) is 0 Å². The second kappa shape index (κ2) is 12.0. The molecule has 0 radical (unpaired) electrons. The lowest BCUT2D eigenvalue weighted by molar-refractivity contribution is -0.173. The maximum atomic E-state index is 12.5. The van der Waals surface area contributed by atoms with Crippen molar-refractivity contribution < 1.29 is 28.5 Å². The summed E-state index contributed by atoms with van der Waals surface area (Å²) >= 11 is 0. The highest BCUT2D eigenvalue weighted by Crippen LogP contribution is 2.34. The summed E-state index contributed by atoms with van der Waals surface area (Å²) in [6, 6.07) is 29.3. The summed E-state index contributed by atoms with van der Waals surface area (Å²) in [5.41, 5.74) is 3.01. The minimum Gasteiger partial charge on any atom is -0.482 e. The quantitative estimate of drug-likeness (QED) is 0.233. The Morgan fingerprint density at radius 1 is 0.765 bits per heavy atom. The van der Waals surface area contributed by atoms with Crippen LogP contribution >= 0.6 is 0 Å². The molecule has 6 heteroatoms. The molecule has 0 bridgehead atoms. The van der Waals surface area contributed by atoms with Crippen molar-refractivity contribution >= 4 is 5.97 Å². The molecule has 0 spiro atoms. The molecule has 0 aliphatic carbocycles. The molecule has 3 aromatic carbocycles. The van der Waals surface area contributed by atoms with Crippen LogP contribution in [0.3, 0.4) is 0 Å². The number of hydrogen-bond acceptors (Lipinski definition) is 6. The number of rotatable bonds is 11. The van der Waals surface area contributed by atoms with Crippen LogP contribution in [0.1, 0.15) is 16.7 Å². The molecule has 1 heterocycles. The average Bonchev–Trinajstić information content (AvgIpc) is 2.88. The summed E-state index contributed by atoms with van der Waals surface area (Å²) in [5, 5.41) is 0. The number of hydrogen-bond donors (Lipinski definition) is 0. The van der Waals surface area contributed by atoms with Gasteiger partial charge in [-0.15, -0.1) is 0 Å². The Labute approximate surface area is 199 Å². The van der Waals surface area contributed by atoms with Gasteiger partial charge in [-0.05, 0) is 16.7 Å². The van der Waals surface area contributed by atoms with E-state index in [9.17, 15) is 4.79 Å². The maximum absolute atomic E-state index is 12.5. The molecule has 1 aliphatic heterocycles. The predicted molar refractivity (Wildman–Crippen MR) is 126 cm³/mol. The maximum Gasteiger partial charge on any atom is 0.377 e. The van der Waals surface area contributed by atoms with Gasteiger partial charge in [-0.2, -0.15) is 0 Å². The Morgan fingerprint density at radius 2 is 1.29 bits per heavy atom. The summed E-state index contributed by atoms with van der Waals surface area (Å²) in [6.45, 7) is 1.34. The SMILES string of the molecule is COC(=O)/C(OCc1ccccc1)=C1/O[C@H](COCc2ccccc2)[C@H]1OCc1ccccc1. The largest absolute Gasteiger partial charge is 0.482 e. The standard InChI is InChI=1S/C28H28O6/c1-30-28(29)27(33-19-23-15-9-4-10-16-23)26-25(32-18-22-13-7-3-8-14-22)24(34-26)20-31-17-21-11-5-2-6-12-21/h2-16,24-25H,17-20H2,1H3/b27-26-/t24-,25-/m1/s1. The summed E-state index contributed by atoms with van der Waals surface area (Å²) in [7, 11) is 1.31. The van der Waals surface area contributed by atoms with Crippen LogP contribution in [0.2, 0.25) is 0 Å². The third kappa shape index (κ3) is 6.25. The molecule has 0 unspecified atom stereocenters. The van der Waals surface area contributed by atoms with E-state index in [1.165, 1.54) is 7.11 Å². The van der Waals surface area contributed by atoms with Gasteiger partial charge in [0.1, 0.15) is 6.61 Å². The Morgan fingerprint density at radius 3 is 1.85 bits per heavy atom. The van der Waals surface area contributed by atoms with Gasteiger partial charge in [0.15, 0.2) is 18.0 Å². The van der Waals surface area contributed by atoms with Crippen LogP contribution in [0.15, 0.2) is 103 Å². The normalized spacial score (nSPS) is 18.4. The number of carbonyl (C=O) groups is 1. The van der Waals surface area contributed by atoms with Crippen LogP contribution in [0.4, 0.5) is 0 Å². The van der Waals surface area contributed by atoms with Crippen LogP contribution < -0.4 is 0 Å². The first kappa shape index (κ1) is 23.5. The van der Waals surface area contributed by atoms with Gasteiger partial charge in [0.25, 0.3) is 0 Å². The molecule has 0 amide bonds. The van der Waals surface area contributed by atoms with Crippen LogP contribution in [-0.2, 0) is 48.3 Å². The summed E-state index contributed by atoms with van der Waals surface area (Å²) in [5.74, 6) is -0.265. The molecule has 0 aromatic heterocycles. The van der Waals surface area contributed by atoms with Gasteiger partial charge in [-0.25, -0.2) is 4.79 Å². The third-order valence-electron chi connectivity index (χ3n) is 5.36. The van der Waals surface area contributed by atoms with Crippen LogP contribution in [0.25, 0.3) is 0 Å². The highest BCUT2D eigenvalue weighted by atomic mass is 16.6. The fraction of sp³-hybridized carbons (Fsp3) is 0.250. The molecule has 176 valence electrons. The van der Waals surface area contributed by atoms with E-state index in [1.807, 2.05) is 91.0 Å². The molecule has 4 rings (SSSR count). The second-order valence-electron chi connectivity index (χ2n) is 7.83. The van der Waals surface area contributed by atoms with E-state index in [2.05, 4.69) is 0 Å². The first-order chi connectivity index (χ1) is 16.7. The Kier molecular flexibility index (Phi) is 8.32. The van der Waals surface area contributed by atoms with Gasteiger partial charge in [0.2, 0.25) is 5.76 Å². The van der Waals surface area contributed by atoms with Crippen LogP contribution in [0, 0.1) is 0 Å². The molecule has 1 aliphatic rings. The Balaban J connectivity index is 1.47. The summed E-state index contributed by atoms with van der Waals surface area (Å²) in [4.78, 5) is 12.5. The lowest BCUT2D eigenvalue weighted by Crippen LogP contribution is -2.49. The van der Waals surface area contributed by atoms with Crippen molar-refractivity contribution in [3.63, 3.8) is 0 Å². The number of benzene rings is 3. The number of esters is 1. The van der Waals surface area contributed by atoms with Gasteiger partial charge in [-0.1, -0.05) is 91.0 Å². The van der Waals surface area contributed by atoms with Crippen LogP contribution in [-0.4, -0.2) is 31.9 Å². The van der Waals surface area contributed by atoms with Gasteiger partial charge >= 0.3 is 5.97 Å². The molecule has 6 nitrogen and oxygen atoms in total. The average molecular weight is 461 g/mol. The number of methoxy groups -OCH3 is 1. The number of ether oxygens (including phenoxy) is 5. The fourth-order valence-corrected chi connectivity index (χ4v) is 3.56. The van der Waals surface area contributed by atoms with E-state index in [4.69, 9.17) is 23.7 Å². The molecule has 0 N–H and O–H groups in total. The second-order valence-corrected chi connectivity index (χ2v) is 7.83. The Hall–Kier alpha value is -3.61. The van der Waals surface area contributed by atoms with E-state index < -0.39 is 12.1 Å². The first-order valence-electron chi connectivity index (χ1n) is 11.2. The lowest BCUT2D eigenvalue weighted by atomic mass is 10.0. The lowest BCUT2D eigenvalue weighted by Gasteiger charge is -2.40. The van der Waals surface area contributed by atoms with Crippen molar-refractivity contribution in [2.45, 2.75) is 32.0 Å². The topological polar surface area (TPSA) is 63.2 Å². The third-order valence-corrected chi connectivity index (χ3v) is 5.36. The van der Waals surface area contributed by atoms with Crippen molar-refractivity contribution in [3.8, 4) is 0 Å². The minimum absolute atomic E-state index is 0.0173. The molecule has 3 aromatic rings. The predicted octanol–water partition coefficient (Wildman–Crippen LogP) is 4.79. The molecule has 2 atom stereocenters. The molecule has 1 saturated heterocycles. The van der Waals surface area contributed by atoms with Crippen molar-refractivity contribution in [1.29, 1.82) is 0 Å². The van der Waals surface area contributed by atoms with Gasteiger partial charge in [0, 0.05) is 0 Å². The van der Waals surface area contributed by atoms with E-state index in [0.717, 1.165) is 16.7 Å². The van der Waals surface area contributed by atoms with Gasteiger partial charge < -0.3 is 23.7 Å². The molecule has 0 saturated carbocycles. The number of carbonyl (C=O) groups excluding carboxylic acids is 1. The highest BCUT2D eigenvalue weighted by Gasteiger charge is 2.45. The smallest absolute Gasteiger partial charge is 0.377 e. The fourth-order valence-electron chi connectivity index (χ4n) is 3.56. The molecular weight excluding hydrogens is 432 g/mol. The summed E-state index contributed by atoms with van der Waals surface area (Å²) < 4.78 is 28.8. The molecule has 34 heavy (non-hydrogen) atoms. The Bertz CT molecular complexity index is 1070. The zero-order valence-corrected chi connectivity index (χ0v) is 19.1. The van der Waals surface area contributed by atoms with E-state index in [-0.39, 0.29) is 18.5 Å². The van der Waals surface area contributed by atoms with Gasteiger partial charge in [-0.3, -0.25) is 0 Å². The summed E-state index contributed by atoms with van der Waals surface area (Å²) in [6.07, 6.45) is -0.872.